The number of aromatic nitrogens is 1. The maximum atomic E-state index is 12.3. The number of fused-ring (bicyclic) bond motifs is 1. The van der Waals surface area contributed by atoms with Crippen LogP contribution < -0.4 is 15.8 Å². The minimum absolute atomic E-state index is 0.162. The summed E-state index contributed by atoms with van der Waals surface area (Å²) in [7, 11) is 0.317. The number of carbonyl (C=O) groups excluding carboxylic acids is 1. The fourth-order valence-electron chi connectivity index (χ4n) is 3.04. The van der Waals surface area contributed by atoms with Crippen molar-refractivity contribution in [3.8, 4) is 0 Å². The lowest BCUT2D eigenvalue weighted by Crippen LogP contribution is -2.23. The van der Waals surface area contributed by atoms with E-state index >= 15 is 0 Å². The molecular formula is C22H26N4O5S. The zero-order chi connectivity index (χ0) is 23.3. The van der Waals surface area contributed by atoms with Gasteiger partial charge in [-0.05, 0) is 56.1 Å². The summed E-state index contributed by atoms with van der Waals surface area (Å²) >= 11 is 0. The summed E-state index contributed by atoms with van der Waals surface area (Å²) in [6, 6.07) is 11.2. The molecule has 0 aliphatic carbocycles. The van der Waals surface area contributed by atoms with Crippen LogP contribution >= 0.6 is 0 Å². The van der Waals surface area contributed by atoms with Gasteiger partial charge in [0.1, 0.15) is 0 Å². The predicted octanol–water partition coefficient (Wildman–Crippen LogP) is 2.11. The van der Waals surface area contributed by atoms with Crippen molar-refractivity contribution in [2.24, 2.45) is 0 Å². The van der Waals surface area contributed by atoms with Crippen LogP contribution in [0.15, 0.2) is 62.6 Å². The van der Waals surface area contributed by atoms with Crippen LogP contribution in [0.2, 0.25) is 0 Å². The Balaban J connectivity index is 1.71. The number of anilines is 1. The monoisotopic (exact) mass is 458 g/mol. The lowest BCUT2D eigenvalue weighted by atomic mass is 10.2. The van der Waals surface area contributed by atoms with Crippen LogP contribution in [0.5, 0.6) is 0 Å². The summed E-state index contributed by atoms with van der Waals surface area (Å²) in [4.78, 5) is 26.6. The molecule has 10 heteroatoms. The molecule has 32 heavy (non-hydrogen) atoms. The van der Waals surface area contributed by atoms with Crippen LogP contribution in [0.1, 0.15) is 12.5 Å². The second-order valence-electron chi connectivity index (χ2n) is 7.40. The Bertz CT molecular complexity index is 1290. The van der Waals surface area contributed by atoms with E-state index in [0.717, 1.165) is 0 Å². The van der Waals surface area contributed by atoms with Gasteiger partial charge in [0, 0.05) is 31.4 Å². The quantitative estimate of drug-likeness (QED) is 0.475. The zero-order valence-corrected chi connectivity index (χ0v) is 19.0. The van der Waals surface area contributed by atoms with Crippen molar-refractivity contribution in [1.29, 1.82) is 0 Å². The molecule has 1 amide bonds. The van der Waals surface area contributed by atoms with Gasteiger partial charge in [0.2, 0.25) is 15.9 Å². The molecule has 170 valence electrons. The van der Waals surface area contributed by atoms with Crippen molar-refractivity contribution in [2.75, 3.05) is 32.5 Å². The Morgan fingerprint density at radius 3 is 2.53 bits per heavy atom. The molecule has 2 aromatic carbocycles. The van der Waals surface area contributed by atoms with E-state index in [2.05, 4.69) is 10.0 Å². The topological polar surface area (TPSA) is 114 Å². The third kappa shape index (κ3) is 5.72. The highest BCUT2D eigenvalue weighted by Crippen LogP contribution is 2.19. The average molecular weight is 459 g/mol. The summed E-state index contributed by atoms with van der Waals surface area (Å²) in [6.45, 7) is 3.15. The van der Waals surface area contributed by atoms with E-state index < -0.39 is 15.8 Å². The molecular weight excluding hydrogens is 432 g/mol. The predicted molar refractivity (Wildman–Crippen MR) is 124 cm³/mol. The number of rotatable bonds is 9. The molecule has 0 aliphatic rings. The number of oxazole rings is 1. The largest absolute Gasteiger partial charge is 0.419 e. The van der Waals surface area contributed by atoms with Gasteiger partial charge in [0.25, 0.3) is 0 Å². The van der Waals surface area contributed by atoms with Crippen LogP contribution in [0.3, 0.4) is 0 Å². The second kappa shape index (κ2) is 9.94. The van der Waals surface area contributed by atoms with E-state index in [1.807, 2.05) is 19.0 Å². The van der Waals surface area contributed by atoms with E-state index in [0.29, 0.717) is 42.0 Å². The lowest BCUT2D eigenvalue weighted by Gasteiger charge is -2.09. The van der Waals surface area contributed by atoms with Crippen molar-refractivity contribution in [2.45, 2.75) is 18.4 Å². The molecule has 1 aromatic heterocycles. The van der Waals surface area contributed by atoms with Crippen LogP contribution in [0, 0.1) is 0 Å². The fraction of sp³-hybridized carbons (Fsp3) is 0.273. The molecule has 0 fully saturated rings. The standard InChI is InChI=1S/C22H26N4O5S/c1-4-23-32(29,30)18-9-5-16(6-10-18)7-12-21(27)24-17-8-11-20-19(15-17)26(22(28)31-20)14-13-25(2)3/h5-12,15,23H,4,13-14H2,1-3H3,(H,24,27)/b12-7+. The molecule has 2 N–H and O–H groups in total. The zero-order valence-electron chi connectivity index (χ0n) is 18.2. The minimum Gasteiger partial charge on any atom is -0.408 e. The van der Waals surface area contributed by atoms with Gasteiger partial charge in [-0.1, -0.05) is 19.1 Å². The van der Waals surface area contributed by atoms with Gasteiger partial charge in [0.15, 0.2) is 5.58 Å². The summed E-state index contributed by atoms with van der Waals surface area (Å²) in [5.74, 6) is -0.802. The summed E-state index contributed by atoms with van der Waals surface area (Å²) in [5, 5.41) is 2.76. The normalized spacial score (nSPS) is 12.1. The Morgan fingerprint density at radius 1 is 1.16 bits per heavy atom. The van der Waals surface area contributed by atoms with E-state index in [4.69, 9.17) is 4.42 Å². The van der Waals surface area contributed by atoms with Crippen molar-refractivity contribution in [3.63, 3.8) is 0 Å². The SMILES string of the molecule is CCNS(=O)(=O)c1ccc(/C=C/C(=O)Nc2ccc3oc(=O)n(CCN(C)C)c3c2)cc1. The first-order chi connectivity index (χ1) is 15.2. The van der Waals surface area contributed by atoms with Crippen LogP contribution in [0.4, 0.5) is 5.69 Å². The van der Waals surface area contributed by atoms with Gasteiger partial charge in [-0.25, -0.2) is 17.9 Å². The maximum Gasteiger partial charge on any atom is 0.419 e. The van der Waals surface area contributed by atoms with E-state index in [9.17, 15) is 18.0 Å². The van der Waals surface area contributed by atoms with Gasteiger partial charge < -0.3 is 14.6 Å². The Hall–Kier alpha value is -3.21. The number of hydrogen-bond donors (Lipinski definition) is 2. The van der Waals surface area contributed by atoms with E-state index in [-0.39, 0.29) is 10.8 Å². The fourth-order valence-corrected chi connectivity index (χ4v) is 4.08. The highest BCUT2D eigenvalue weighted by atomic mass is 32.2. The molecule has 0 saturated heterocycles. The Labute approximate surface area is 186 Å². The summed E-state index contributed by atoms with van der Waals surface area (Å²) < 4.78 is 33.2. The van der Waals surface area contributed by atoms with Gasteiger partial charge >= 0.3 is 5.76 Å². The molecule has 0 unspecified atom stereocenters. The van der Waals surface area contributed by atoms with Crippen LogP contribution in [-0.4, -0.2) is 51.0 Å². The molecule has 0 bridgehead atoms. The lowest BCUT2D eigenvalue weighted by molar-refractivity contribution is -0.111. The summed E-state index contributed by atoms with van der Waals surface area (Å²) in [6.07, 6.45) is 2.94. The van der Waals surface area contributed by atoms with E-state index in [1.165, 1.54) is 22.8 Å². The molecule has 0 radical (unpaired) electrons. The average Bonchev–Trinajstić information content (AvgIpc) is 3.05. The smallest absolute Gasteiger partial charge is 0.408 e. The number of carbonyl (C=O) groups is 1. The molecule has 0 saturated carbocycles. The first-order valence-corrected chi connectivity index (χ1v) is 11.5. The van der Waals surface area contributed by atoms with Gasteiger partial charge in [-0.15, -0.1) is 0 Å². The number of hydrogen-bond acceptors (Lipinski definition) is 6. The van der Waals surface area contributed by atoms with Gasteiger partial charge in [0.05, 0.1) is 10.4 Å². The molecule has 0 atom stereocenters. The molecule has 0 aliphatic heterocycles. The number of nitrogens with zero attached hydrogens (tertiary/aromatic N) is 2. The number of likely N-dealkylation sites (N-methyl/N-ethyl adjacent to an activating group) is 1. The minimum atomic E-state index is -3.52. The van der Waals surface area contributed by atoms with Gasteiger partial charge in [-0.2, -0.15) is 0 Å². The maximum absolute atomic E-state index is 12.3. The highest BCUT2D eigenvalue weighted by molar-refractivity contribution is 7.89. The number of benzene rings is 2. The molecule has 0 spiro atoms. The van der Waals surface area contributed by atoms with Crippen molar-refractivity contribution < 1.29 is 17.6 Å². The molecule has 9 nitrogen and oxygen atoms in total. The van der Waals surface area contributed by atoms with Crippen molar-refractivity contribution in [1.82, 2.24) is 14.2 Å². The Kier molecular flexibility index (Phi) is 7.29. The summed E-state index contributed by atoms with van der Waals surface area (Å²) in [5.41, 5.74) is 2.27. The van der Waals surface area contributed by atoms with Crippen molar-refractivity contribution in [3.05, 3.63) is 64.7 Å². The Morgan fingerprint density at radius 2 is 1.88 bits per heavy atom. The highest BCUT2D eigenvalue weighted by Gasteiger charge is 2.12. The number of nitrogens with one attached hydrogen (secondary N) is 2. The first-order valence-electron chi connectivity index (χ1n) is 10.1. The van der Waals surface area contributed by atoms with Gasteiger partial charge in [-0.3, -0.25) is 9.36 Å². The number of sulfonamides is 1. The third-order valence-electron chi connectivity index (χ3n) is 4.66. The van der Waals surface area contributed by atoms with E-state index in [1.54, 1.807) is 43.3 Å². The third-order valence-corrected chi connectivity index (χ3v) is 6.22. The molecule has 1 heterocycles. The molecule has 3 aromatic rings. The van der Waals surface area contributed by atoms with Crippen LogP contribution in [-0.2, 0) is 21.4 Å². The van der Waals surface area contributed by atoms with Crippen LogP contribution in [0.25, 0.3) is 17.2 Å². The second-order valence-corrected chi connectivity index (χ2v) is 9.17. The van der Waals surface area contributed by atoms with Crippen molar-refractivity contribution >= 4 is 38.8 Å². The first kappa shape index (κ1) is 23.5. The molecule has 3 rings (SSSR count). The number of amides is 1.